The summed E-state index contributed by atoms with van der Waals surface area (Å²) in [5, 5.41) is 0. The minimum absolute atomic E-state index is 0.311. The first-order chi connectivity index (χ1) is 9.17. The number of rotatable bonds is 6. The van der Waals surface area contributed by atoms with Crippen molar-refractivity contribution in [3.05, 3.63) is 0 Å². The van der Waals surface area contributed by atoms with Crippen LogP contribution in [0.25, 0.3) is 0 Å². The molecule has 0 amide bonds. The molecule has 5 heteroatoms. The van der Waals surface area contributed by atoms with E-state index >= 15 is 0 Å². The quantitative estimate of drug-likeness (QED) is 0.716. The van der Waals surface area contributed by atoms with E-state index in [2.05, 4.69) is 28.8 Å². The average molecular weight is 270 g/mol. The highest BCUT2D eigenvalue weighted by Crippen LogP contribution is 2.20. The van der Waals surface area contributed by atoms with E-state index in [1.54, 1.807) is 0 Å². The van der Waals surface area contributed by atoms with Gasteiger partial charge in [0.05, 0.1) is 12.2 Å². The van der Waals surface area contributed by atoms with Crippen molar-refractivity contribution in [1.29, 1.82) is 0 Å². The lowest BCUT2D eigenvalue weighted by molar-refractivity contribution is 0.0153. The van der Waals surface area contributed by atoms with Crippen LogP contribution in [-0.2, 0) is 4.74 Å². The Bertz CT molecular complexity index is 254. The van der Waals surface area contributed by atoms with Gasteiger partial charge in [0.2, 0.25) is 0 Å². The van der Waals surface area contributed by atoms with E-state index in [0.717, 1.165) is 19.5 Å². The van der Waals surface area contributed by atoms with Crippen molar-refractivity contribution in [3.63, 3.8) is 0 Å². The van der Waals surface area contributed by atoms with Gasteiger partial charge in [-0.05, 0) is 26.9 Å². The van der Waals surface area contributed by atoms with Crippen LogP contribution in [0.15, 0.2) is 0 Å². The highest BCUT2D eigenvalue weighted by molar-refractivity contribution is 4.80. The van der Waals surface area contributed by atoms with Crippen LogP contribution < -0.4 is 5.73 Å². The van der Waals surface area contributed by atoms with Gasteiger partial charge in [0.15, 0.2) is 0 Å². The SMILES string of the molecule is CN(C)CCN1CCN(CC2CCC(CN)O2)CC1. The molecule has 0 aromatic rings. The Kier molecular flexibility index (Phi) is 6.04. The Morgan fingerprint density at radius 1 is 1.05 bits per heavy atom. The summed E-state index contributed by atoms with van der Waals surface area (Å²) in [7, 11) is 4.28. The first kappa shape index (κ1) is 15.2. The number of hydrogen-bond acceptors (Lipinski definition) is 5. The summed E-state index contributed by atoms with van der Waals surface area (Å²) in [6, 6.07) is 0. The molecule has 19 heavy (non-hydrogen) atoms. The lowest BCUT2D eigenvalue weighted by Gasteiger charge is -2.36. The zero-order valence-electron chi connectivity index (χ0n) is 12.6. The van der Waals surface area contributed by atoms with Crippen molar-refractivity contribution >= 4 is 0 Å². The second-order valence-electron chi connectivity index (χ2n) is 6.14. The average Bonchev–Trinajstić information content (AvgIpc) is 2.85. The van der Waals surface area contributed by atoms with Gasteiger partial charge < -0.3 is 15.4 Å². The van der Waals surface area contributed by atoms with Crippen LogP contribution in [0.3, 0.4) is 0 Å². The number of ether oxygens (including phenoxy) is 1. The summed E-state index contributed by atoms with van der Waals surface area (Å²) in [6.07, 6.45) is 3.06. The van der Waals surface area contributed by atoms with E-state index < -0.39 is 0 Å². The summed E-state index contributed by atoms with van der Waals surface area (Å²) in [5.74, 6) is 0. The largest absolute Gasteiger partial charge is 0.372 e. The van der Waals surface area contributed by atoms with Crippen LogP contribution in [0.1, 0.15) is 12.8 Å². The Labute approximate surface area is 117 Å². The highest BCUT2D eigenvalue weighted by atomic mass is 16.5. The second kappa shape index (κ2) is 7.55. The van der Waals surface area contributed by atoms with Gasteiger partial charge >= 0.3 is 0 Å². The Morgan fingerprint density at radius 3 is 2.26 bits per heavy atom. The van der Waals surface area contributed by atoms with Gasteiger partial charge in [-0.2, -0.15) is 0 Å². The molecule has 2 heterocycles. The van der Waals surface area contributed by atoms with E-state index in [9.17, 15) is 0 Å². The molecule has 2 unspecified atom stereocenters. The number of nitrogens with two attached hydrogens (primary N) is 1. The fraction of sp³-hybridized carbons (Fsp3) is 1.00. The molecule has 2 rings (SSSR count). The normalized spacial score (nSPS) is 30.3. The molecule has 0 aromatic carbocycles. The third kappa shape index (κ3) is 5.00. The summed E-state index contributed by atoms with van der Waals surface area (Å²) >= 11 is 0. The summed E-state index contributed by atoms with van der Waals surface area (Å²) in [6.45, 7) is 8.87. The smallest absolute Gasteiger partial charge is 0.0707 e. The van der Waals surface area contributed by atoms with Crippen molar-refractivity contribution < 1.29 is 4.74 Å². The van der Waals surface area contributed by atoms with Crippen LogP contribution in [0.5, 0.6) is 0 Å². The van der Waals surface area contributed by atoms with Crippen LogP contribution in [-0.4, -0.2) is 93.4 Å². The molecule has 2 saturated heterocycles. The Balaban J connectivity index is 1.61. The maximum Gasteiger partial charge on any atom is 0.0707 e. The molecule has 0 radical (unpaired) electrons. The van der Waals surface area contributed by atoms with Gasteiger partial charge in [0.25, 0.3) is 0 Å². The minimum atomic E-state index is 0.311. The fourth-order valence-corrected chi connectivity index (χ4v) is 2.91. The van der Waals surface area contributed by atoms with Crippen molar-refractivity contribution in [2.75, 3.05) is 66.5 Å². The summed E-state index contributed by atoms with van der Waals surface area (Å²) < 4.78 is 5.93. The zero-order chi connectivity index (χ0) is 13.7. The number of likely N-dealkylation sites (N-methyl/N-ethyl adjacent to an activating group) is 1. The van der Waals surface area contributed by atoms with Gasteiger partial charge in [-0.3, -0.25) is 9.80 Å². The molecule has 112 valence electrons. The molecule has 0 aromatic heterocycles. The Morgan fingerprint density at radius 2 is 1.68 bits per heavy atom. The molecule has 2 atom stereocenters. The van der Waals surface area contributed by atoms with E-state index in [0.29, 0.717) is 18.8 Å². The number of nitrogens with zero attached hydrogens (tertiary/aromatic N) is 3. The van der Waals surface area contributed by atoms with E-state index in [-0.39, 0.29) is 0 Å². The molecule has 0 spiro atoms. The molecule has 2 N–H and O–H groups in total. The number of piperazine rings is 1. The van der Waals surface area contributed by atoms with Gasteiger partial charge in [-0.15, -0.1) is 0 Å². The minimum Gasteiger partial charge on any atom is -0.372 e. The van der Waals surface area contributed by atoms with E-state index in [1.165, 1.54) is 39.1 Å². The molecule has 5 nitrogen and oxygen atoms in total. The summed E-state index contributed by atoms with van der Waals surface area (Å²) in [5.41, 5.74) is 5.66. The molecule has 0 aliphatic carbocycles. The van der Waals surface area contributed by atoms with Gasteiger partial charge in [-0.1, -0.05) is 0 Å². The van der Waals surface area contributed by atoms with E-state index in [1.807, 2.05) is 0 Å². The van der Waals surface area contributed by atoms with Crippen LogP contribution in [0.2, 0.25) is 0 Å². The monoisotopic (exact) mass is 270 g/mol. The summed E-state index contributed by atoms with van der Waals surface area (Å²) in [4.78, 5) is 7.37. The molecule has 0 saturated carbocycles. The zero-order valence-corrected chi connectivity index (χ0v) is 12.6. The maximum absolute atomic E-state index is 5.93. The predicted molar refractivity (Wildman–Crippen MR) is 78.4 cm³/mol. The molecule has 2 fully saturated rings. The molecule has 2 aliphatic heterocycles. The van der Waals surface area contributed by atoms with Crippen LogP contribution >= 0.6 is 0 Å². The number of hydrogen-bond donors (Lipinski definition) is 1. The first-order valence-electron chi connectivity index (χ1n) is 7.62. The topological polar surface area (TPSA) is 45.0 Å². The molecular weight excluding hydrogens is 240 g/mol. The second-order valence-corrected chi connectivity index (χ2v) is 6.14. The van der Waals surface area contributed by atoms with Crippen molar-refractivity contribution in [1.82, 2.24) is 14.7 Å². The van der Waals surface area contributed by atoms with Crippen molar-refractivity contribution in [2.24, 2.45) is 5.73 Å². The fourth-order valence-electron chi connectivity index (χ4n) is 2.91. The molecular formula is C14H30N4O. The van der Waals surface area contributed by atoms with E-state index in [4.69, 9.17) is 10.5 Å². The molecule has 2 aliphatic rings. The van der Waals surface area contributed by atoms with Gasteiger partial charge in [0.1, 0.15) is 0 Å². The van der Waals surface area contributed by atoms with Gasteiger partial charge in [0, 0.05) is 52.4 Å². The van der Waals surface area contributed by atoms with Gasteiger partial charge in [-0.25, -0.2) is 0 Å². The maximum atomic E-state index is 5.93. The first-order valence-corrected chi connectivity index (χ1v) is 7.62. The third-order valence-electron chi connectivity index (χ3n) is 4.25. The lowest BCUT2D eigenvalue weighted by atomic mass is 10.2. The Hall–Kier alpha value is -0.200. The predicted octanol–water partition coefficient (Wildman–Crippen LogP) is -0.328. The lowest BCUT2D eigenvalue weighted by Crippen LogP contribution is -2.49. The van der Waals surface area contributed by atoms with Crippen LogP contribution in [0.4, 0.5) is 0 Å². The van der Waals surface area contributed by atoms with Crippen molar-refractivity contribution in [2.45, 2.75) is 25.0 Å². The third-order valence-corrected chi connectivity index (χ3v) is 4.25. The van der Waals surface area contributed by atoms with Crippen molar-refractivity contribution in [3.8, 4) is 0 Å². The van der Waals surface area contributed by atoms with Crippen LogP contribution in [0, 0.1) is 0 Å². The molecule has 0 bridgehead atoms. The standard InChI is InChI=1S/C14H30N4O/c1-16(2)5-6-17-7-9-18(10-8-17)12-14-4-3-13(11-15)19-14/h13-14H,3-12,15H2,1-2H3. The highest BCUT2D eigenvalue weighted by Gasteiger charge is 2.27.